The lowest BCUT2D eigenvalue weighted by Crippen LogP contribution is -2.50. The Hall–Kier alpha value is -2.18. The molecule has 9 heteroatoms. The fourth-order valence-electron chi connectivity index (χ4n) is 4.13. The maximum absolute atomic E-state index is 13.3. The SMILES string of the molecule is CC(=O)N[C@@H](CC(C)C)C(=O)N1CCC[C@@H]1P(=O)(O)C[C@@H](Cc1ccccc1)C(=O)O. The lowest BCUT2D eigenvalue weighted by Gasteiger charge is -2.33. The van der Waals surface area contributed by atoms with Crippen molar-refractivity contribution < 1.29 is 28.9 Å². The summed E-state index contributed by atoms with van der Waals surface area (Å²) in [6.07, 6.45) is 1.06. The van der Waals surface area contributed by atoms with Gasteiger partial charge in [-0.2, -0.15) is 0 Å². The van der Waals surface area contributed by atoms with Crippen LogP contribution in [0.2, 0.25) is 0 Å². The lowest BCUT2D eigenvalue weighted by molar-refractivity contribution is -0.141. The van der Waals surface area contributed by atoms with Gasteiger partial charge in [-0.25, -0.2) is 0 Å². The van der Waals surface area contributed by atoms with Crippen LogP contribution in [0.15, 0.2) is 30.3 Å². The molecule has 1 aromatic carbocycles. The minimum atomic E-state index is -3.99. The van der Waals surface area contributed by atoms with Crippen molar-refractivity contribution >= 4 is 25.2 Å². The van der Waals surface area contributed by atoms with Gasteiger partial charge >= 0.3 is 5.97 Å². The molecule has 0 saturated carbocycles. The quantitative estimate of drug-likeness (QED) is 0.469. The predicted octanol–water partition coefficient (Wildman–Crippen LogP) is 2.70. The fourth-order valence-corrected chi connectivity index (χ4v) is 6.54. The molecule has 2 rings (SSSR count). The standard InChI is InChI=1S/C22H33N2O6P/c1-15(2)12-19(23-16(3)25)21(26)24-11-7-10-20(24)31(29,30)14-18(22(27)28)13-17-8-5-4-6-9-17/h4-6,8-9,15,18-20H,7,10-14H2,1-3H3,(H,23,25)(H,27,28)(H,29,30)/t18-,19+,20+/m1/s1. The van der Waals surface area contributed by atoms with Crippen LogP contribution in [0.1, 0.15) is 45.6 Å². The summed E-state index contributed by atoms with van der Waals surface area (Å²) >= 11 is 0. The number of hydrogen-bond donors (Lipinski definition) is 3. The van der Waals surface area contributed by atoms with Gasteiger partial charge in [-0.15, -0.1) is 0 Å². The minimum absolute atomic E-state index is 0.142. The minimum Gasteiger partial charge on any atom is -0.481 e. The van der Waals surface area contributed by atoms with Crippen molar-refractivity contribution in [3.8, 4) is 0 Å². The number of amides is 2. The monoisotopic (exact) mass is 452 g/mol. The molecule has 1 heterocycles. The van der Waals surface area contributed by atoms with Gasteiger partial charge in [0.1, 0.15) is 11.8 Å². The number of nitrogens with one attached hydrogen (secondary N) is 1. The molecule has 8 nitrogen and oxygen atoms in total. The zero-order valence-corrected chi connectivity index (χ0v) is 19.3. The Balaban J connectivity index is 2.19. The molecule has 0 bridgehead atoms. The van der Waals surface area contributed by atoms with Crippen molar-refractivity contribution in [2.75, 3.05) is 12.7 Å². The van der Waals surface area contributed by atoms with Crippen LogP contribution >= 0.6 is 7.37 Å². The van der Waals surface area contributed by atoms with Crippen LogP contribution in [0.4, 0.5) is 0 Å². The van der Waals surface area contributed by atoms with Gasteiger partial charge in [0.25, 0.3) is 0 Å². The van der Waals surface area contributed by atoms with Crippen LogP contribution in [0, 0.1) is 11.8 Å². The Labute approximate surface area is 183 Å². The number of nitrogens with zero attached hydrogens (tertiary/aromatic N) is 1. The van der Waals surface area contributed by atoms with Gasteiger partial charge in [0.15, 0.2) is 0 Å². The predicted molar refractivity (Wildman–Crippen MR) is 118 cm³/mol. The molecule has 1 unspecified atom stereocenters. The largest absolute Gasteiger partial charge is 0.481 e. The summed E-state index contributed by atoms with van der Waals surface area (Å²) < 4.78 is 13.3. The molecule has 4 atom stereocenters. The average Bonchev–Trinajstić information content (AvgIpc) is 3.17. The third-order valence-corrected chi connectivity index (χ3v) is 7.94. The number of rotatable bonds is 10. The maximum atomic E-state index is 13.3. The summed E-state index contributed by atoms with van der Waals surface area (Å²) in [5.41, 5.74) is 0.775. The van der Waals surface area contributed by atoms with Crippen LogP contribution < -0.4 is 5.32 Å². The van der Waals surface area contributed by atoms with Crippen molar-refractivity contribution in [2.45, 2.75) is 58.3 Å². The van der Waals surface area contributed by atoms with E-state index >= 15 is 0 Å². The van der Waals surface area contributed by atoms with E-state index in [9.17, 15) is 28.9 Å². The van der Waals surface area contributed by atoms with Crippen LogP contribution in [-0.4, -0.2) is 57.2 Å². The summed E-state index contributed by atoms with van der Waals surface area (Å²) in [5, 5.41) is 12.3. The third kappa shape index (κ3) is 7.18. The van der Waals surface area contributed by atoms with E-state index in [1.165, 1.54) is 11.8 Å². The molecule has 3 N–H and O–H groups in total. The second-order valence-electron chi connectivity index (χ2n) is 8.70. The third-order valence-electron chi connectivity index (χ3n) is 5.51. The molecule has 0 spiro atoms. The molecule has 1 aliphatic rings. The van der Waals surface area contributed by atoms with Crippen molar-refractivity contribution in [3.05, 3.63) is 35.9 Å². The molecule has 172 valence electrons. The van der Waals surface area contributed by atoms with E-state index in [1.807, 2.05) is 19.9 Å². The number of benzene rings is 1. The van der Waals surface area contributed by atoms with E-state index in [0.29, 0.717) is 25.8 Å². The molecule has 0 radical (unpaired) electrons. The highest BCUT2D eigenvalue weighted by atomic mass is 31.2. The topological polar surface area (TPSA) is 124 Å². The molecule has 1 aromatic rings. The smallest absolute Gasteiger partial charge is 0.307 e. The Kier molecular flexibility index (Phi) is 8.83. The summed E-state index contributed by atoms with van der Waals surface area (Å²) in [6, 6.07) is 8.21. The molecule has 1 saturated heterocycles. The van der Waals surface area contributed by atoms with Gasteiger partial charge in [0, 0.05) is 19.6 Å². The molecule has 0 aliphatic carbocycles. The van der Waals surface area contributed by atoms with Gasteiger partial charge in [0.2, 0.25) is 19.2 Å². The van der Waals surface area contributed by atoms with Crippen LogP contribution in [-0.2, 0) is 25.4 Å². The molecule has 2 amide bonds. The zero-order chi connectivity index (χ0) is 23.2. The van der Waals surface area contributed by atoms with Gasteiger partial charge in [0.05, 0.1) is 5.92 Å². The Bertz CT molecular complexity index is 829. The van der Waals surface area contributed by atoms with E-state index in [0.717, 1.165) is 5.56 Å². The van der Waals surface area contributed by atoms with E-state index in [-0.39, 0.29) is 24.2 Å². The zero-order valence-electron chi connectivity index (χ0n) is 18.4. The van der Waals surface area contributed by atoms with Gasteiger partial charge in [-0.05, 0) is 37.2 Å². The van der Waals surface area contributed by atoms with Gasteiger partial charge in [-0.3, -0.25) is 18.9 Å². The molecule has 31 heavy (non-hydrogen) atoms. The van der Waals surface area contributed by atoms with Crippen molar-refractivity contribution in [1.82, 2.24) is 10.2 Å². The van der Waals surface area contributed by atoms with Crippen LogP contribution in [0.25, 0.3) is 0 Å². The fraction of sp³-hybridized carbons (Fsp3) is 0.591. The number of carboxylic acids is 1. The second kappa shape index (κ2) is 10.9. The second-order valence-corrected chi connectivity index (χ2v) is 11.2. The summed E-state index contributed by atoms with van der Waals surface area (Å²) in [7, 11) is -3.99. The van der Waals surface area contributed by atoms with Crippen molar-refractivity contribution in [3.63, 3.8) is 0 Å². The van der Waals surface area contributed by atoms with E-state index in [4.69, 9.17) is 0 Å². The Morgan fingerprint density at radius 3 is 2.42 bits per heavy atom. The highest BCUT2D eigenvalue weighted by Gasteiger charge is 2.45. The van der Waals surface area contributed by atoms with Crippen molar-refractivity contribution in [2.24, 2.45) is 11.8 Å². The number of carboxylic acid groups (broad SMARTS) is 1. The van der Waals surface area contributed by atoms with E-state index < -0.39 is 37.2 Å². The number of hydrogen-bond acceptors (Lipinski definition) is 4. The first-order valence-corrected chi connectivity index (χ1v) is 12.6. The number of carbonyl (C=O) groups is 3. The van der Waals surface area contributed by atoms with Gasteiger partial charge < -0.3 is 20.2 Å². The first-order valence-electron chi connectivity index (χ1n) is 10.7. The van der Waals surface area contributed by atoms with Gasteiger partial charge in [-0.1, -0.05) is 44.2 Å². The van der Waals surface area contributed by atoms with Crippen LogP contribution in [0.5, 0.6) is 0 Å². The molecular weight excluding hydrogens is 419 g/mol. The number of likely N-dealkylation sites (tertiary alicyclic amines) is 1. The van der Waals surface area contributed by atoms with E-state index in [2.05, 4.69) is 5.32 Å². The summed E-state index contributed by atoms with van der Waals surface area (Å²) in [6.45, 7) is 5.52. The highest BCUT2D eigenvalue weighted by molar-refractivity contribution is 7.58. The lowest BCUT2D eigenvalue weighted by atomic mass is 10.0. The normalized spacial score (nSPS) is 20.2. The first kappa shape index (κ1) is 25.1. The van der Waals surface area contributed by atoms with Crippen LogP contribution in [0.3, 0.4) is 0 Å². The first-order chi connectivity index (χ1) is 14.5. The highest BCUT2D eigenvalue weighted by Crippen LogP contribution is 2.53. The van der Waals surface area contributed by atoms with Crippen molar-refractivity contribution in [1.29, 1.82) is 0 Å². The summed E-state index contributed by atoms with van der Waals surface area (Å²) in [4.78, 5) is 48.8. The number of aliphatic carboxylic acids is 1. The number of carbonyl (C=O) groups excluding carboxylic acids is 2. The van der Waals surface area contributed by atoms with E-state index in [1.54, 1.807) is 24.3 Å². The molecule has 0 aromatic heterocycles. The molecular formula is C22H33N2O6P. The Morgan fingerprint density at radius 1 is 1.23 bits per heavy atom. The maximum Gasteiger partial charge on any atom is 0.307 e. The molecule has 1 aliphatic heterocycles. The molecule has 1 fully saturated rings. The Morgan fingerprint density at radius 2 is 1.87 bits per heavy atom. The average molecular weight is 452 g/mol. The summed E-state index contributed by atoms with van der Waals surface area (Å²) in [5.74, 6) is -3.67.